The second-order valence-electron chi connectivity index (χ2n) is 5.63. The Kier molecular flexibility index (Phi) is 4.98. The molecule has 2 aromatic rings. The van der Waals surface area contributed by atoms with Gasteiger partial charge in [-0.3, -0.25) is 4.79 Å². The summed E-state index contributed by atoms with van der Waals surface area (Å²) < 4.78 is 21.4. The first-order valence-corrected chi connectivity index (χ1v) is 8.04. The molecule has 0 radical (unpaired) electrons. The molecule has 0 atom stereocenters. The molecule has 1 aliphatic rings. The molecule has 0 saturated heterocycles. The second-order valence-corrected chi connectivity index (χ2v) is 5.63. The number of rotatable bonds is 6. The van der Waals surface area contributed by atoms with E-state index in [9.17, 15) is 4.79 Å². The van der Waals surface area contributed by atoms with E-state index < -0.39 is 0 Å². The molecule has 0 bridgehead atoms. The van der Waals surface area contributed by atoms with Gasteiger partial charge in [0.05, 0.1) is 28.4 Å². The highest BCUT2D eigenvalue weighted by Gasteiger charge is 2.24. The minimum absolute atomic E-state index is 0.0647. The molecule has 0 unspecified atom stereocenters. The standard InChI is InChI=1S/C21H20O5/c1-23-15-7-5-13(6-8-15)16-9-10-17(22)20(16)14-11-18(24-2)21(26-4)19(12-14)25-3/h5-12H,1-4H3. The van der Waals surface area contributed by atoms with Crippen LogP contribution in [0.5, 0.6) is 23.0 Å². The molecule has 1 aliphatic carbocycles. The Morgan fingerprint density at radius 2 is 1.31 bits per heavy atom. The van der Waals surface area contributed by atoms with Crippen molar-refractivity contribution < 1.29 is 23.7 Å². The third-order valence-corrected chi connectivity index (χ3v) is 4.27. The first-order chi connectivity index (χ1) is 12.6. The molecule has 5 heteroatoms. The molecule has 0 N–H and O–H groups in total. The van der Waals surface area contributed by atoms with Crippen molar-refractivity contribution in [3.63, 3.8) is 0 Å². The number of methoxy groups -OCH3 is 4. The third kappa shape index (κ3) is 3.04. The van der Waals surface area contributed by atoms with Gasteiger partial charge in [-0.1, -0.05) is 12.1 Å². The highest BCUT2D eigenvalue weighted by atomic mass is 16.5. The molecule has 3 rings (SSSR count). The third-order valence-electron chi connectivity index (χ3n) is 4.27. The van der Waals surface area contributed by atoms with Gasteiger partial charge in [0, 0.05) is 5.57 Å². The van der Waals surface area contributed by atoms with Crippen LogP contribution in [-0.2, 0) is 4.79 Å². The lowest BCUT2D eigenvalue weighted by molar-refractivity contribution is -0.109. The number of hydrogen-bond donors (Lipinski definition) is 0. The van der Waals surface area contributed by atoms with Crippen molar-refractivity contribution >= 4 is 16.9 Å². The number of carbonyl (C=O) groups excluding carboxylic acids is 1. The average molecular weight is 352 g/mol. The maximum absolute atomic E-state index is 12.6. The van der Waals surface area contributed by atoms with E-state index in [2.05, 4.69) is 0 Å². The van der Waals surface area contributed by atoms with Gasteiger partial charge in [-0.2, -0.15) is 0 Å². The summed E-state index contributed by atoms with van der Waals surface area (Å²) in [5.41, 5.74) is 3.07. The maximum atomic E-state index is 12.6. The fraction of sp³-hybridized carbons (Fsp3) is 0.190. The average Bonchev–Trinajstić information content (AvgIpc) is 3.08. The number of benzene rings is 2. The minimum atomic E-state index is -0.0647. The number of ketones is 1. The number of ether oxygens (including phenoxy) is 4. The first kappa shape index (κ1) is 17.6. The maximum Gasteiger partial charge on any atom is 0.203 e. The van der Waals surface area contributed by atoms with Crippen LogP contribution in [0.4, 0.5) is 0 Å². The Morgan fingerprint density at radius 1 is 0.692 bits per heavy atom. The Hall–Kier alpha value is -3.21. The summed E-state index contributed by atoms with van der Waals surface area (Å²) in [5, 5.41) is 0. The van der Waals surface area contributed by atoms with E-state index in [0.717, 1.165) is 16.9 Å². The molecule has 2 aromatic carbocycles. The molecule has 0 aromatic heterocycles. The zero-order chi connectivity index (χ0) is 18.7. The predicted molar refractivity (Wildman–Crippen MR) is 100 cm³/mol. The summed E-state index contributed by atoms with van der Waals surface area (Å²) in [6.45, 7) is 0. The Labute approximate surface area is 152 Å². The Balaban J connectivity index is 2.17. The molecule has 0 saturated carbocycles. The van der Waals surface area contributed by atoms with Gasteiger partial charge in [0.2, 0.25) is 5.75 Å². The lowest BCUT2D eigenvalue weighted by atomic mass is 9.95. The van der Waals surface area contributed by atoms with E-state index in [1.807, 2.05) is 30.3 Å². The summed E-state index contributed by atoms with van der Waals surface area (Å²) in [4.78, 5) is 12.6. The molecular weight excluding hydrogens is 332 g/mol. The van der Waals surface area contributed by atoms with Gasteiger partial charge in [0.25, 0.3) is 0 Å². The Morgan fingerprint density at radius 3 is 1.81 bits per heavy atom. The van der Waals surface area contributed by atoms with Crippen LogP contribution < -0.4 is 18.9 Å². The van der Waals surface area contributed by atoms with Gasteiger partial charge < -0.3 is 18.9 Å². The zero-order valence-electron chi connectivity index (χ0n) is 15.2. The summed E-state index contributed by atoms with van der Waals surface area (Å²) in [6.07, 6.45) is 3.39. The van der Waals surface area contributed by atoms with E-state index in [4.69, 9.17) is 18.9 Å². The first-order valence-electron chi connectivity index (χ1n) is 8.04. The predicted octanol–water partition coefficient (Wildman–Crippen LogP) is 3.77. The lowest BCUT2D eigenvalue weighted by Gasteiger charge is -2.15. The van der Waals surface area contributed by atoms with Crippen LogP contribution in [0.25, 0.3) is 11.1 Å². The normalized spacial score (nSPS) is 13.2. The van der Waals surface area contributed by atoms with E-state index in [1.165, 1.54) is 0 Å². The second kappa shape index (κ2) is 7.35. The van der Waals surface area contributed by atoms with Crippen LogP contribution in [0.3, 0.4) is 0 Å². The molecule has 0 amide bonds. The molecule has 0 heterocycles. The number of allylic oxidation sites excluding steroid dienone is 4. The van der Waals surface area contributed by atoms with Gasteiger partial charge >= 0.3 is 0 Å². The van der Waals surface area contributed by atoms with E-state index in [-0.39, 0.29) is 5.78 Å². The van der Waals surface area contributed by atoms with Crippen LogP contribution >= 0.6 is 0 Å². The smallest absolute Gasteiger partial charge is 0.203 e. The van der Waals surface area contributed by atoms with Crippen molar-refractivity contribution in [3.8, 4) is 23.0 Å². The zero-order valence-corrected chi connectivity index (χ0v) is 15.2. The minimum Gasteiger partial charge on any atom is -0.497 e. The van der Waals surface area contributed by atoms with Crippen molar-refractivity contribution in [2.75, 3.05) is 28.4 Å². The fourth-order valence-electron chi connectivity index (χ4n) is 2.99. The summed E-state index contributed by atoms with van der Waals surface area (Å²) in [7, 11) is 6.27. The van der Waals surface area contributed by atoms with E-state index >= 15 is 0 Å². The van der Waals surface area contributed by atoms with Crippen molar-refractivity contribution in [2.45, 2.75) is 0 Å². The molecule has 0 aliphatic heterocycles. The summed E-state index contributed by atoms with van der Waals surface area (Å²) in [6, 6.07) is 11.2. The molecule has 0 fully saturated rings. The monoisotopic (exact) mass is 352 g/mol. The van der Waals surface area contributed by atoms with Gasteiger partial charge in [0.15, 0.2) is 17.3 Å². The van der Waals surface area contributed by atoms with Gasteiger partial charge in [0.1, 0.15) is 5.75 Å². The molecule has 5 nitrogen and oxygen atoms in total. The van der Waals surface area contributed by atoms with Gasteiger partial charge in [-0.25, -0.2) is 0 Å². The van der Waals surface area contributed by atoms with Gasteiger partial charge in [-0.15, -0.1) is 0 Å². The van der Waals surface area contributed by atoms with Crippen LogP contribution in [0.2, 0.25) is 0 Å². The van der Waals surface area contributed by atoms with Crippen molar-refractivity contribution in [1.82, 2.24) is 0 Å². The van der Waals surface area contributed by atoms with E-state index in [1.54, 1.807) is 46.6 Å². The number of carbonyl (C=O) groups is 1. The van der Waals surface area contributed by atoms with E-state index in [0.29, 0.717) is 28.4 Å². The molecule has 134 valence electrons. The van der Waals surface area contributed by atoms with Gasteiger partial charge in [-0.05, 0) is 53.1 Å². The number of hydrogen-bond acceptors (Lipinski definition) is 5. The largest absolute Gasteiger partial charge is 0.497 e. The van der Waals surface area contributed by atoms with Crippen LogP contribution in [0.1, 0.15) is 11.1 Å². The Bertz CT molecular complexity index is 866. The van der Waals surface area contributed by atoms with Crippen molar-refractivity contribution in [2.24, 2.45) is 0 Å². The quantitative estimate of drug-likeness (QED) is 0.792. The molecule has 0 spiro atoms. The van der Waals surface area contributed by atoms with Crippen LogP contribution in [0, 0.1) is 0 Å². The highest BCUT2D eigenvalue weighted by Crippen LogP contribution is 2.42. The van der Waals surface area contributed by atoms with Crippen molar-refractivity contribution in [3.05, 3.63) is 59.7 Å². The molecular formula is C21H20O5. The SMILES string of the molecule is COc1ccc(C2=C(c3cc(OC)c(OC)c(OC)c3)C(=O)C=C2)cc1. The lowest BCUT2D eigenvalue weighted by Crippen LogP contribution is -2.00. The van der Waals surface area contributed by atoms with Crippen molar-refractivity contribution in [1.29, 1.82) is 0 Å². The fourth-order valence-corrected chi connectivity index (χ4v) is 2.99. The topological polar surface area (TPSA) is 54.0 Å². The van der Waals surface area contributed by atoms with Crippen LogP contribution in [0.15, 0.2) is 48.6 Å². The van der Waals surface area contributed by atoms with Crippen LogP contribution in [-0.4, -0.2) is 34.2 Å². The summed E-state index contributed by atoms with van der Waals surface area (Å²) >= 11 is 0. The summed E-state index contributed by atoms with van der Waals surface area (Å²) in [5.74, 6) is 2.19. The highest BCUT2D eigenvalue weighted by molar-refractivity contribution is 6.37. The molecule has 26 heavy (non-hydrogen) atoms.